The Hall–Kier alpha value is -2.53. The van der Waals surface area contributed by atoms with Crippen molar-refractivity contribution in [3.8, 4) is 0 Å². The van der Waals surface area contributed by atoms with Crippen molar-refractivity contribution >= 4 is 16.8 Å². The molecule has 1 atom stereocenters. The molecule has 0 radical (unpaired) electrons. The molecule has 0 aliphatic rings. The molecule has 0 bridgehead atoms. The SMILES string of the molecule is CC[C@@H](CO)N(Cc1ccco1)C(=O)c1c[nH]c2ccccc12. The van der Waals surface area contributed by atoms with Gasteiger partial charge in [-0.05, 0) is 24.6 Å². The lowest BCUT2D eigenvalue weighted by molar-refractivity contribution is 0.0547. The van der Waals surface area contributed by atoms with E-state index < -0.39 is 0 Å². The monoisotopic (exact) mass is 312 g/mol. The number of rotatable bonds is 6. The smallest absolute Gasteiger partial charge is 0.256 e. The lowest BCUT2D eigenvalue weighted by Gasteiger charge is -2.29. The number of fused-ring (bicyclic) bond motifs is 1. The van der Waals surface area contributed by atoms with Crippen LogP contribution in [0.5, 0.6) is 0 Å². The molecule has 5 nitrogen and oxygen atoms in total. The van der Waals surface area contributed by atoms with Gasteiger partial charge >= 0.3 is 0 Å². The molecule has 2 heterocycles. The van der Waals surface area contributed by atoms with Crippen LogP contribution in [-0.2, 0) is 6.54 Å². The van der Waals surface area contributed by atoms with Crippen molar-refractivity contribution in [3.05, 3.63) is 60.2 Å². The average molecular weight is 312 g/mol. The molecule has 2 aromatic heterocycles. The number of aromatic amines is 1. The Bertz CT molecular complexity index is 773. The van der Waals surface area contributed by atoms with Crippen molar-refractivity contribution in [1.29, 1.82) is 0 Å². The van der Waals surface area contributed by atoms with E-state index in [1.165, 1.54) is 0 Å². The molecular formula is C18H20N2O3. The quantitative estimate of drug-likeness (QED) is 0.734. The molecule has 1 amide bonds. The van der Waals surface area contributed by atoms with Crippen LogP contribution in [0.3, 0.4) is 0 Å². The van der Waals surface area contributed by atoms with E-state index in [0.717, 1.165) is 10.9 Å². The molecule has 1 aromatic carbocycles. The summed E-state index contributed by atoms with van der Waals surface area (Å²) in [5.74, 6) is 0.588. The van der Waals surface area contributed by atoms with Crippen molar-refractivity contribution in [1.82, 2.24) is 9.88 Å². The van der Waals surface area contributed by atoms with Crippen LogP contribution in [0.25, 0.3) is 10.9 Å². The summed E-state index contributed by atoms with van der Waals surface area (Å²) in [6.45, 7) is 2.22. The number of benzene rings is 1. The van der Waals surface area contributed by atoms with Gasteiger partial charge in [0.2, 0.25) is 0 Å². The second-order valence-corrected chi connectivity index (χ2v) is 5.50. The van der Waals surface area contributed by atoms with Gasteiger partial charge in [0.15, 0.2) is 0 Å². The Balaban J connectivity index is 1.96. The van der Waals surface area contributed by atoms with Crippen LogP contribution in [0.4, 0.5) is 0 Å². The molecule has 0 unspecified atom stereocenters. The summed E-state index contributed by atoms with van der Waals surface area (Å²) in [4.78, 5) is 17.9. The molecule has 0 fully saturated rings. The summed E-state index contributed by atoms with van der Waals surface area (Å²) in [6.07, 6.45) is 3.99. The lowest BCUT2D eigenvalue weighted by Crippen LogP contribution is -2.41. The topological polar surface area (TPSA) is 69.5 Å². The summed E-state index contributed by atoms with van der Waals surface area (Å²) >= 11 is 0. The number of carbonyl (C=O) groups excluding carboxylic acids is 1. The van der Waals surface area contributed by atoms with Crippen LogP contribution in [0.1, 0.15) is 29.5 Å². The maximum absolute atomic E-state index is 13.1. The number of amides is 1. The number of aliphatic hydroxyl groups is 1. The number of hydrogen-bond donors (Lipinski definition) is 2. The van der Waals surface area contributed by atoms with Crippen LogP contribution in [0.15, 0.2) is 53.3 Å². The van der Waals surface area contributed by atoms with E-state index in [4.69, 9.17) is 4.42 Å². The Morgan fingerprint density at radius 1 is 1.30 bits per heavy atom. The van der Waals surface area contributed by atoms with Crippen LogP contribution >= 0.6 is 0 Å². The Kier molecular flexibility index (Phi) is 4.48. The number of nitrogens with zero attached hydrogens (tertiary/aromatic N) is 1. The minimum atomic E-state index is -0.249. The van der Waals surface area contributed by atoms with Gasteiger partial charge < -0.3 is 19.4 Å². The highest BCUT2D eigenvalue weighted by Gasteiger charge is 2.26. The van der Waals surface area contributed by atoms with Crippen molar-refractivity contribution < 1.29 is 14.3 Å². The van der Waals surface area contributed by atoms with Gasteiger partial charge in [-0.25, -0.2) is 0 Å². The number of carbonyl (C=O) groups is 1. The Morgan fingerprint density at radius 3 is 2.83 bits per heavy atom. The molecule has 23 heavy (non-hydrogen) atoms. The predicted octanol–water partition coefficient (Wildman–Crippen LogP) is 3.17. The second-order valence-electron chi connectivity index (χ2n) is 5.50. The number of nitrogens with one attached hydrogen (secondary N) is 1. The van der Waals surface area contributed by atoms with Crippen LogP contribution < -0.4 is 0 Å². The van der Waals surface area contributed by atoms with Crippen LogP contribution in [0, 0.1) is 0 Å². The van der Waals surface area contributed by atoms with Gasteiger partial charge in [0.1, 0.15) is 5.76 Å². The highest BCUT2D eigenvalue weighted by Crippen LogP contribution is 2.22. The highest BCUT2D eigenvalue weighted by molar-refractivity contribution is 6.06. The van der Waals surface area contributed by atoms with Crippen LogP contribution in [0.2, 0.25) is 0 Å². The number of aromatic nitrogens is 1. The van der Waals surface area contributed by atoms with E-state index in [1.807, 2.05) is 37.3 Å². The zero-order chi connectivity index (χ0) is 16.2. The molecule has 3 rings (SSSR count). The van der Waals surface area contributed by atoms with Gasteiger partial charge in [-0.2, -0.15) is 0 Å². The van der Waals surface area contributed by atoms with Crippen molar-refractivity contribution in [2.45, 2.75) is 25.9 Å². The van der Waals surface area contributed by atoms with E-state index in [-0.39, 0.29) is 18.6 Å². The standard InChI is InChI=1S/C18H20N2O3/c1-2-13(12-21)20(11-14-6-5-9-23-14)18(22)16-10-19-17-8-4-3-7-15(16)17/h3-10,13,19,21H,2,11-12H2,1H3/t13-/m0/s1. The first-order valence-electron chi connectivity index (χ1n) is 7.75. The van der Waals surface area contributed by atoms with E-state index >= 15 is 0 Å². The number of hydrogen-bond acceptors (Lipinski definition) is 3. The summed E-state index contributed by atoms with van der Waals surface area (Å²) in [5.41, 5.74) is 1.53. The average Bonchev–Trinajstić information content (AvgIpc) is 3.23. The van der Waals surface area contributed by atoms with E-state index in [0.29, 0.717) is 24.3 Å². The predicted molar refractivity (Wildman–Crippen MR) is 88.0 cm³/mol. The van der Waals surface area contributed by atoms with E-state index in [2.05, 4.69) is 4.98 Å². The normalized spacial score (nSPS) is 12.4. The molecule has 5 heteroatoms. The highest BCUT2D eigenvalue weighted by atomic mass is 16.3. The maximum atomic E-state index is 13.1. The first kappa shape index (κ1) is 15.4. The molecule has 0 aliphatic heterocycles. The molecule has 0 saturated heterocycles. The zero-order valence-corrected chi connectivity index (χ0v) is 13.0. The van der Waals surface area contributed by atoms with Crippen molar-refractivity contribution in [2.75, 3.05) is 6.61 Å². The van der Waals surface area contributed by atoms with Crippen LogP contribution in [-0.4, -0.2) is 33.5 Å². The maximum Gasteiger partial charge on any atom is 0.256 e. The van der Waals surface area contributed by atoms with Gasteiger partial charge in [0.25, 0.3) is 5.91 Å². The lowest BCUT2D eigenvalue weighted by atomic mass is 10.1. The van der Waals surface area contributed by atoms with Gasteiger partial charge in [-0.15, -0.1) is 0 Å². The second kappa shape index (κ2) is 6.71. The number of aliphatic hydroxyl groups excluding tert-OH is 1. The number of para-hydroxylation sites is 1. The third-order valence-electron chi connectivity index (χ3n) is 4.11. The van der Waals surface area contributed by atoms with Gasteiger partial charge in [0, 0.05) is 17.1 Å². The third-order valence-corrected chi connectivity index (χ3v) is 4.11. The number of H-pyrrole nitrogens is 1. The summed E-state index contributed by atoms with van der Waals surface area (Å²) in [7, 11) is 0. The first-order valence-corrected chi connectivity index (χ1v) is 7.75. The zero-order valence-electron chi connectivity index (χ0n) is 13.0. The Labute approximate surface area is 134 Å². The minimum absolute atomic E-state index is 0.0781. The summed E-state index contributed by atoms with van der Waals surface area (Å²) in [5, 5.41) is 10.5. The van der Waals surface area contributed by atoms with Gasteiger partial charge in [0.05, 0.1) is 31.0 Å². The summed E-state index contributed by atoms with van der Waals surface area (Å²) < 4.78 is 5.37. The fourth-order valence-electron chi connectivity index (χ4n) is 2.79. The van der Waals surface area contributed by atoms with Crippen molar-refractivity contribution in [3.63, 3.8) is 0 Å². The molecule has 3 aromatic rings. The molecule has 120 valence electrons. The molecule has 0 aliphatic carbocycles. The van der Waals surface area contributed by atoms with Gasteiger partial charge in [-0.3, -0.25) is 4.79 Å². The van der Waals surface area contributed by atoms with E-state index in [9.17, 15) is 9.90 Å². The molecule has 2 N–H and O–H groups in total. The first-order chi connectivity index (χ1) is 11.2. The summed E-state index contributed by atoms with van der Waals surface area (Å²) in [6, 6.07) is 11.1. The molecular weight excluding hydrogens is 292 g/mol. The molecule has 0 spiro atoms. The fraction of sp³-hybridized carbons (Fsp3) is 0.278. The largest absolute Gasteiger partial charge is 0.467 e. The van der Waals surface area contributed by atoms with Gasteiger partial charge in [-0.1, -0.05) is 25.1 Å². The number of furan rings is 1. The minimum Gasteiger partial charge on any atom is -0.467 e. The van der Waals surface area contributed by atoms with E-state index in [1.54, 1.807) is 23.4 Å². The van der Waals surface area contributed by atoms with Crippen molar-refractivity contribution in [2.24, 2.45) is 0 Å². The molecule has 0 saturated carbocycles. The Morgan fingerprint density at radius 2 is 2.13 bits per heavy atom. The fourth-order valence-corrected chi connectivity index (χ4v) is 2.79. The third kappa shape index (κ3) is 3.00.